The van der Waals surface area contributed by atoms with Gasteiger partial charge in [-0.1, -0.05) is 6.07 Å². The van der Waals surface area contributed by atoms with E-state index in [2.05, 4.69) is 29.0 Å². The number of carbonyl (C=O) groups is 1. The van der Waals surface area contributed by atoms with Crippen molar-refractivity contribution in [2.75, 3.05) is 18.0 Å². The summed E-state index contributed by atoms with van der Waals surface area (Å²) in [6, 6.07) is 7.42. The van der Waals surface area contributed by atoms with Crippen molar-refractivity contribution >= 4 is 11.7 Å². The molecule has 1 saturated heterocycles. The highest BCUT2D eigenvalue weighted by Gasteiger charge is 2.23. The van der Waals surface area contributed by atoms with Crippen LogP contribution in [0.3, 0.4) is 0 Å². The molecule has 0 aromatic carbocycles. The molecule has 1 aliphatic rings. The number of aromatic nitrogens is 1. The molecule has 2 atom stereocenters. The van der Waals surface area contributed by atoms with Gasteiger partial charge in [0, 0.05) is 25.8 Å². The Labute approximate surface area is 141 Å². The summed E-state index contributed by atoms with van der Waals surface area (Å²) in [6.45, 7) is 8.05. The van der Waals surface area contributed by atoms with Crippen LogP contribution >= 0.6 is 0 Å². The van der Waals surface area contributed by atoms with Crippen molar-refractivity contribution in [3.05, 3.63) is 47.5 Å². The molecule has 0 aliphatic carbocycles. The molecule has 1 amide bonds. The maximum atomic E-state index is 12.0. The average molecular weight is 329 g/mol. The minimum absolute atomic E-state index is 0.200. The molecule has 128 valence electrons. The van der Waals surface area contributed by atoms with Crippen LogP contribution < -0.4 is 10.2 Å². The first-order chi connectivity index (χ1) is 11.5. The van der Waals surface area contributed by atoms with E-state index >= 15 is 0 Å². The average Bonchev–Trinajstić information content (AvgIpc) is 2.99. The quantitative estimate of drug-likeness (QED) is 0.933. The molecule has 24 heavy (non-hydrogen) atoms. The van der Waals surface area contributed by atoms with E-state index in [4.69, 9.17) is 9.15 Å². The predicted molar refractivity (Wildman–Crippen MR) is 91.1 cm³/mol. The van der Waals surface area contributed by atoms with E-state index < -0.39 is 0 Å². The van der Waals surface area contributed by atoms with Crippen LogP contribution in [0.1, 0.15) is 35.7 Å². The highest BCUT2D eigenvalue weighted by Crippen LogP contribution is 2.18. The van der Waals surface area contributed by atoms with Gasteiger partial charge in [0.1, 0.15) is 11.6 Å². The zero-order valence-electron chi connectivity index (χ0n) is 14.3. The predicted octanol–water partition coefficient (Wildman–Crippen LogP) is 2.53. The molecule has 0 bridgehead atoms. The summed E-state index contributed by atoms with van der Waals surface area (Å²) in [7, 11) is 0. The number of ether oxygens (including phenoxy) is 1. The number of aryl methyl sites for hydroxylation is 1. The van der Waals surface area contributed by atoms with Crippen LogP contribution in [0.4, 0.5) is 5.82 Å². The smallest absolute Gasteiger partial charge is 0.287 e. The van der Waals surface area contributed by atoms with Crippen molar-refractivity contribution in [3.8, 4) is 0 Å². The topological polar surface area (TPSA) is 67.6 Å². The van der Waals surface area contributed by atoms with Gasteiger partial charge in [-0.05, 0) is 44.5 Å². The number of hydrogen-bond donors (Lipinski definition) is 1. The number of hydrogen-bond acceptors (Lipinski definition) is 5. The lowest BCUT2D eigenvalue weighted by Crippen LogP contribution is -2.45. The first-order valence-electron chi connectivity index (χ1n) is 8.21. The summed E-state index contributed by atoms with van der Waals surface area (Å²) in [5.74, 6) is 1.77. The number of pyridine rings is 1. The SMILES string of the molecule is Cc1ccc(C(=O)NCc2ccc(N3C[C@H](C)O[C@@H](C)C3)nc2)o1. The van der Waals surface area contributed by atoms with Gasteiger partial charge < -0.3 is 19.4 Å². The molecule has 6 nitrogen and oxygen atoms in total. The Kier molecular flexibility index (Phi) is 4.85. The van der Waals surface area contributed by atoms with E-state index in [1.54, 1.807) is 18.3 Å². The summed E-state index contributed by atoms with van der Waals surface area (Å²) in [5, 5.41) is 2.84. The molecule has 0 unspecified atom stereocenters. The molecule has 6 heteroatoms. The third-order valence-electron chi connectivity index (χ3n) is 3.97. The minimum atomic E-state index is -0.219. The van der Waals surface area contributed by atoms with Crippen molar-refractivity contribution in [1.29, 1.82) is 0 Å². The van der Waals surface area contributed by atoms with Gasteiger partial charge in [0.05, 0.1) is 12.2 Å². The Morgan fingerprint density at radius 1 is 1.25 bits per heavy atom. The van der Waals surface area contributed by atoms with Gasteiger partial charge in [-0.15, -0.1) is 0 Å². The first-order valence-corrected chi connectivity index (χ1v) is 8.21. The normalized spacial score (nSPS) is 20.9. The Morgan fingerprint density at radius 2 is 2.00 bits per heavy atom. The second-order valence-corrected chi connectivity index (χ2v) is 6.28. The third kappa shape index (κ3) is 3.94. The molecular weight excluding hydrogens is 306 g/mol. The van der Waals surface area contributed by atoms with E-state index in [9.17, 15) is 4.79 Å². The van der Waals surface area contributed by atoms with Crippen LogP contribution in [0.15, 0.2) is 34.9 Å². The van der Waals surface area contributed by atoms with Gasteiger partial charge in [-0.2, -0.15) is 0 Å². The molecular formula is C18H23N3O3. The monoisotopic (exact) mass is 329 g/mol. The zero-order chi connectivity index (χ0) is 17.1. The largest absolute Gasteiger partial charge is 0.456 e. The Bertz CT molecular complexity index is 686. The van der Waals surface area contributed by atoms with Crippen LogP contribution in [0.25, 0.3) is 0 Å². The van der Waals surface area contributed by atoms with E-state index in [-0.39, 0.29) is 18.1 Å². The molecule has 2 aromatic heterocycles. The lowest BCUT2D eigenvalue weighted by atomic mass is 10.2. The van der Waals surface area contributed by atoms with Gasteiger partial charge in [0.2, 0.25) is 0 Å². The van der Waals surface area contributed by atoms with E-state index in [0.717, 1.165) is 30.2 Å². The maximum absolute atomic E-state index is 12.0. The van der Waals surface area contributed by atoms with Gasteiger partial charge in [0.15, 0.2) is 5.76 Å². The highest BCUT2D eigenvalue weighted by atomic mass is 16.5. The summed E-state index contributed by atoms with van der Waals surface area (Å²) in [5.41, 5.74) is 0.949. The molecule has 3 rings (SSSR count). The standard InChI is InChI=1S/C18H23N3O3/c1-12-4-6-16(24-12)18(22)20-9-15-5-7-17(19-8-15)21-10-13(2)23-14(3)11-21/h4-8,13-14H,9-11H2,1-3H3,(H,20,22)/t13-,14-/m0/s1. The van der Waals surface area contributed by atoms with Crippen molar-refractivity contribution in [1.82, 2.24) is 10.3 Å². The molecule has 0 spiro atoms. The fraction of sp³-hybridized carbons (Fsp3) is 0.444. The Hall–Kier alpha value is -2.34. The summed E-state index contributed by atoms with van der Waals surface area (Å²) in [4.78, 5) is 18.7. The molecule has 0 radical (unpaired) electrons. The summed E-state index contributed by atoms with van der Waals surface area (Å²) < 4.78 is 11.1. The van der Waals surface area contributed by atoms with E-state index in [0.29, 0.717) is 12.3 Å². The second kappa shape index (κ2) is 7.05. The number of morpholine rings is 1. The second-order valence-electron chi connectivity index (χ2n) is 6.28. The zero-order valence-corrected chi connectivity index (χ0v) is 14.3. The minimum Gasteiger partial charge on any atom is -0.456 e. The molecule has 0 saturated carbocycles. The lowest BCUT2D eigenvalue weighted by molar-refractivity contribution is -0.00546. The van der Waals surface area contributed by atoms with Crippen LogP contribution in [0, 0.1) is 6.92 Å². The van der Waals surface area contributed by atoms with Crippen molar-refractivity contribution in [3.63, 3.8) is 0 Å². The fourth-order valence-corrected chi connectivity index (χ4v) is 2.90. The number of amides is 1. The van der Waals surface area contributed by atoms with Crippen LogP contribution in [-0.2, 0) is 11.3 Å². The number of nitrogens with one attached hydrogen (secondary N) is 1. The highest BCUT2D eigenvalue weighted by molar-refractivity contribution is 5.91. The molecule has 1 N–H and O–H groups in total. The number of rotatable bonds is 4. The Balaban J connectivity index is 1.57. The number of nitrogens with zero attached hydrogens (tertiary/aromatic N) is 2. The fourth-order valence-electron chi connectivity index (χ4n) is 2.90. The molecule has 1 fully saturated rings. The summed E-state index contributed by atoms with van der Waals surface area (Å²) in [6.07, 6.45) is 2.20. The number of furan rings is 1. The van der Waals surface area contributed by atoms with Gasteiger partial charge >= 0.3 is 0 Å². The maximum Gasteiger partial charge on any atom is 0.287 e. The van der Waals surface area contributed by atoms with Crippen molar-refractivity contribution in [2.24, 2.45) is 0 Å². The molecule has 1 aliphatic heterocycles. The molecule has 3 heterocycles. The Morgan fingerprint density at radius 3 is 2.58 bits per heavy atom. The van der Waals surface area contributed by atoms with Crippen LogP contribution in [-0.4, -0.2) is 36.2 Å². The first kappa shape index (κ1) is 16.5. The van der Waals surface area contributed by atoms with Crippen LogP contribution in [0.2, 0.25) is 0 Å². The van der Waals surface area contributed by atoms with Crippen molar-refractivity contribution in [2.45, 2.75) is 39.5 Å². The van der Waals surface area contributed by atoms with Gasteiger partial charge in [0.25, 0.3) is 5.91 Å². The van der Waals surface area contributed by atoms with E-state index in [1.807, 2.05) is 19.1 Å². The van der Waals surface area contributed by atoms with Crippen LogP contribution in [0.5, 0.6) is 0 Å². The molecule has 2 aromatic rings. The number of anilines is 1. The summed E-state index contributed by atoms with van der Waals surface area (Å²) >= 11 is 0. The van der Waals surface area contributed by atoms with Gasteiger partial charge in [-0.3, -0.25) is 4.79 Å². The van der Waals surface area contributed by atoms with Gasteiger partial charge in [-0.25, -0.2) is 4.98 Å². The number of carbonyl (C=O) groups excluding carboxylic acids is 1. The third-order valence-corrected chi connectivity index (χ3v) is 3.97. The van der Waals surface area contributed by atoms with E-state index in [1.165, 1.54) is 0 Å². The van der Waals surface area contributed by atoms with Crippen molar-refractivity contribution < 1.29 is 13.9 Å². The lowest BCUT2D eigenvalue weighted by Gasteiger charge is -2.36.